The van der Waals surface area contributed by atoms with Gasteiger partial charge in [-0.3, -0.25) is 14.2 Å². The number of aromatic nitrogens is 1. The molecule has 0 radical (unpaired) electrons. The van der Waals surface area contributed by atoms with Crippen molar-refractivity contribution in [3.8, 4) is 11.8 Å². The van der Waals surface area contributed by atoms with Crippen molar-refractivity contribution >= 4 is 23.6 Å². The van der Waals surface area contributed by atoms with E-state index < -0.39 is 5.97 Å². The largest absolute Gasteiger partial charge is 0.494 e. The average molecular weight is 344 g/mol. The highest BCUT2D eigenvalue weighted by atomic mass is 32.2. The lowest BCUT2D eigenvalue weighted by Gasteiger charge is -2.13. The van der Waals surface area contributed by atoms with Crippen molar-refractivity contribution in [3.05, 3.63) is 6.07 Å². The first-order valence-electron chi connectivity index (χ1n) is 7.56. The Balaban J connectivity index is 2.50. The van der Waals surface area contributed by atoms with Crippen LogP contribution < -0.4 is 0 Å². The summed E-state index contributed by atoms with van der Waals surface area (Å²) in [7, 11) is 1.44. The van der Waals surface area contributed by atoms with Crippen LogP contribution in [0.25, 0.3) is 0 Å². The third kappa shape index (κ3) is 6.05. The highest BCUT2D eigenvalue weighted by molar-refractivity contribution is 7.99. The number of carboxylic acids is 1. The Morgan fingerprint density at radius 3 is 2.61 bits per heavy atom. The van der Waals surface area contributed by atoms with Crippen molar-refractivity contribution in [2.75, 3.05) is 19.3 Å². The van der Waals surface area contributed by atoms with Gasteiger partial charge >= 0.3 is 5.97 Å². The maximum absolute atomic E-state index is 11.7. The zero-order chi connectivity index (χ0) is 17.4. The van der Waals surface area contributed by atoms with Crippen LogP contribution >= 0.6 is 11.8 Å². The Labute approximate surface area is 139 Å². The first-order valence-corrected chi connectivity index (χ1v) is 8.55. The first-order chi connectivity index (χ1) is 10.9. The predicted molar refractivity (Wildman–Crippen MR) is 87.9 cm³/mol. The van der Waals surface area contributed by atoms with Gasteiger partial charge in [0.25, 0.3) is 0 Å². The topological polar surface area (TPSA) is 103 Å². The maximum atomic E-state index is 11.7. The van der Waals surface area contributed by atoms with Gasteiger partial charge in [-0.1, -0.05) is 19.8 Å². The van der Waals surface area contributed by atoms with Crippen molar-refractivity contribution in [3.63, 3.8) is 0 Å². The summed E-state index contributed by atoms with van der Waals surface area (Å²) in [6.07, 6.45) is 3.10. The average Bonchev–Trinajstić information content (AvgIpc) is 2.74. The van der Waals surface area contributed by atoms with E-state index in [9.17, 15) is 19.8 Å². The first kappa shape index (κ1) is 19.2. The molecule has 23 heavy (non-hydrogen) atoms. The van der Waals surface area contributed by atoms with Crippen LogP contribution in [0.5, 0.6) is 11.8 Å². The third-order valence-electron chi connectivity index (χ3n) is 3.37. The van der Waals surface area contributed by atoms with Gasteiger partial charge in [-0.15, -0.1) is 11.8 Å². The van der Waals surface area contributed by atoms with Gasteiger partial charge in [-0.25, -0.2) is 0 Å². The minimum Gasteiger partial charge on any atom is -0.494 e. The van der Waals surface area contributed by atoms with Crippen molar-refractivity contribution in [2.45, 2.75) is 44.0 Å². The molecule has 8 heteroatoms. The van der Waals surface area contributed by atoms with Gasteiger partial charge in [-0.05, 0) is 6.42 Å². The second-order valence-electron chi connectivity index (χ2n) is 5.29. The van der Waals surface area contributed by atoms with Crippen LogP contribution in [0.4, 0.5) is 0 Å². The monoisotopic (exact) mass is 344 g/mol. The van der Waals surface area contributed by atoms with Gasteiger partial charge in [0.1, 0.15) is 6.54 Å². The maximum Gasteiger partial charge on any atom is 0.323 e. The van der Waals surface area contributed by atoms with Crippen molar-refractivity contribution < 1.29 is 24.9 Å². The number of carbonyl (C=O) groups is 2. The number of rotatable bonds is 10. The summed E-state index contributed by atoms with van der Waals surface area (Å²) < 4.78 is 1.45. The van der Waals surface area contributed by atoms with Crippen LogP contribution in [0.1, 0.15) is 32.6 Å². The van der Waals surface area contributed by atoms with Crippen LogP contribution in [-0.2, 0) is 16.1 Å². The van der Waals surface area contributed by atoms with Gasteiger partial charge in [-0.2, -0.15) is 0 Å². The number of unbranched alkanes of at least 4 members (excludes halogenated alkanes) is 2. The van der Waals surface area contributed by atoms with E-state index in [0.717, 1.165) is 24.2 Å². The Morgan fingerprint density at radius 2 is 2.00 bits per heavy atom. The molecule has 130 valence electrons. The van der Waals surface area contributed by atoms with Crippen molar-refractivity contribution in [1.82, 2.24) is 9.47 Å². The van der Waals surface area contributed by atoms with Crippen molar-refractivity contribution in [2.24, 2.45) is 0 Å². The number of amides is 1. The molecule has 3 N–H and O–H groups in total. The molecule has 0 aliphatic heterocycles. The molecule has 0 saturated carbocycles. The molecule has 1 amide bonds. The van der Waals surface area contributed by atoms with Crippen molar-refractivity contribution in [1.29, 1.82) is 0 Å². The summed E-state index contributed by atoms with van der Waals surface area (Å²) in [6, 6.07) is 1.48. The van der Waals surface area contributed by atoms with E-state index in [-0.39, 0.29) is 30.6 Å². The molecule has 1 heterocycles. The summed E-state index contributed by atoms with van der Waals surface area (Å²) >= 11 is 1.26. The SMILES string of the molecule is CCCCCn1c(O)cc(SCCC(=O)N(C)CC(=O)O)c1O. The Morgan fingerprint density at radius 1 is 1.30 bits per heavy atom. The van der Waals surface area contributed by atoms with E-state index in [2.05, 4.69) is 6.92 Å². The summed E-state index contributed by atoms with van der Waals surface area (Å²) in [5, 5.41) is 28.6. The fourth-order valence-electron chi connectivity index (χ4n) is 2.08. The fourth-order valence-corrected chi connectivity index (χ4v) is 3.00. The second-order valence-corrected chi connectivity index (χ2v) is 6.43. The predicted octanol–water partition coefficient (Wildman–Crippen LogP) is 2.11. The molecular formula is C15H24N2O5S. The van der Waals surface area contributed by atoms with Gasteiger partial charge in [0, 0.05) is 31.8 Å². The van der Waals surface area contributed by atoms with E-state index in [0.29, 0.717) is 17.2 Å². The Bertz CT molecular complexity index is 544. The number of hydrogen-bond acceptors (Lipinski definition) is 5. The molecule has 1 rings (SSSR count). The molecule has 0 atom stereocenters. The molecule has 0 unspecified atom stereocenters. The number of aromatic hydroxyl groups is 2. The number of nitrogens with zero attached hydrogens (tertiary/aromatic N) is 2. The standard InChI is InChI=1S/C15H24N2O5S/c1-3-4-5-7-17-13(19)9-11(15(17)22)23-8-6-12(18)16(2)10-14(20)21/h9,19,22H,3-8,10H2,1-2H3,(H,20,21). The van der Waals surface area contributed by atoms with Crippen LogP contribution in [-0.4, -0.2) is 56.0 Å². The molecule has 7 nitrogen and oxygen atoms in total. The summed E-state index contributed by atoms with van der Waals surface area (Å²) in [6.45, 7) is 2.30. The molecule has 0 aliphatic carbocycles. The zero-order valence-electron chi connectivity index (χ0n) is 13.5. The van der Waals surface area contributed by atoms with Gasteiger partial charge in [0.2, 0.25) is 11.8 Å². The lowest BCUT2D eigenvalue weighted by atomic mass is 10.2. The van der Waals surface area contributed by atoms with Gasteiger partial charge in [0.15, 0.2) is 5.88 Å². The molecule has 0 fully saturated rings. The smallest absolute Gasteiger partial charge is 0.323 e. The van der Waals surface area contributed by atoms with Crippen LogP contribution in [0, 0.1) is 0 Å². The molecule has 1 aromatic heterocycles. The summed E-state index contributed by atoms with van der Waals surface area (Å²) in [5.41, 5.74) is 0. The normalized spacial score (nSPS) is 10.7. The molecule has 1 aromatic rings. The zero-order valence-corrected chi connectivity index (χ0v) is 14.3. The lowest BCUT2D eigenvalue weighted by molar-refractivity contribution is -0.143. The van der Waals surface area contributed by atoms with E-state index >= 15 is 0 Å². The van der Waals surface area contributed by atoms with Crippen LogP contribution in [0.2, 0.25) is 0 Å². The molecule has 0 spiro atoms. The minimum absolute atomic E-state index is 0.00921. The van der Waals surface area contributed by atoms with E-state index in [1.54, 1.807) is 0 Å². The minimum atomic E-state index is -1.06. The lowest BCUT2D eigenvalue weighted by Crippen LogP contribution is -2.32. The van der Waals surface area contributed by atoms with Gasteiger partial charge in [0.05, 0.1) is 4.90 Å². The number of likely N-dealkylation sites (N-methyl/N-ethyl adjacent to an activating group) is 1. The highest BCUT2D eigenvalue weighted by Crippen LogP contribution is 2.36. The Hall–Kier alpha value is -1.83. The van der Waals surface area contributed by atoms with E-state index in [1.807, 2.05) is 0 Å². The summed E-state index contributed by atoms with van der Waals surface area (Å²) in [4.78, 5) is 23.9. The third-order valence-corrected chi connectivity index (χ3v) is 4.39. The molecule has 0 aromatic carbocycles. The van der Waals surface area contributed by atoms with Crippen LogP contribution in [0.3, 0.4) is 0 Å². The number of carboxylic acid groups (broad SMARTS) is 1. The number of hydrogen-bond donors (Lipinski definition) is 3. The molecule has 0 saturated heterocycles. The second kappa shape index (κ2) is 9.34. The number of thioether (sulfide) groups is 1. The quantitative estimate of drug-likeness (QED) is 0.444. The van der Waals surface area contributed by atoms with E-state index in [4.69, 9.17) is 5.11 Å². The summed E-state index contributed by atoms with van der Waals surface area (Å²) in [5.74, 6) is -0.911. The molecule has 0 bridgehead atoms. The van der Waals surface area contributed by atoms with Gasteiger partial charge < -0.3 is 20.2 Å². The fraction of sp³-hybridized carbons (Fsp3) is 0.600. The Kier molecular flexibility index (Phi) is 7.80. The van der Waals surface area contributed by atoms with E-state index in [1.165, 1.54) is 29.4 Å². The number of aliphatic carboxylic acids is 1. The highest BCUT2D eigenvalue weighted by Gasteiger charge is 2.16. The molecule has 0 aliphatic rings. The van der Waals surface area contributed by atoms with Crippen LogP contribution in [0.15, 0.2) is 11.0 Å². The number of carbonyl (C=O) groups excluding carboxylic acids is 1. The molecular weight excluding hydrogens is 320 g/mol.